The summed E-state index contributed by atoms with van der Waals surface area (Å²) in [5.41, 5.74) is 0.474. The topological polar surface area (TPSA) is 44.8 Å². The normalized spacial score (nSPS) is 28.1. The van der Waals surface area contributed by atoms with Crippen molar-refractivity contribution in [3.05, 3.63) is 12.2 Å². The van der Waals surface area contributed by atoms with Gasteiger partial charge in [0.15, 0.2) is 0 Å². The highest BCUT2D eigenvalue weighted by Gasteiger charge is 2.27. The van der Waals surface area contributed by atoms with Gasteiger partial charge < -0.3 is 14.2 Å². The van der Waals surface area contributed by atoms with E-state index in [1.807, 2.05) is 0 Å². The maximum Gasteiger partial charge on any atom is 0.333 e. The largest absolute Gasteiger partial charge is 0.462 e. The van der Waals surface area contributed by atoms with Crippen molar-refractivity contribution in [2.24, 2.45) is 17.8 Å². The van der Waals surface area contributed by atoms with Crippen LogP contribution in [0.3, 0.4) is 0 Å². The second kappa shape index (κ2) is 14.2. The SMILES string of the molecule is C=C(C)C(=O)OCC(C)C1CCC(OCCOC2CCC(CCCCC)CC2)CC1. The molecule has 2 saturated carbocycles. The van der Waals surface area contributed by atoms with Crippen LogP contribution in [0.4, 0.5) is 0 Å². The molecule has 1 atom stereocenters. The minimum absolute atomic E-state index is 0.274. The molecule has 1 unspecified atom stereocenters. The predicted molar refractivity (Wildman–Crippen MR) is 122 cm³/mol. The fourth-order valence-electron chi connectivity index (χ4n) is 4.99. The Labute approximate surface area is 185 Å². The monoisotopic (exact) mass is 422 g/mol. The van der Waals surface area contributed by atoms with Crippen LogP contribution in [-0.2, 0) is 19.0 Å². The molecule has 2 rings (SSSR count). The van der Waals surface area contributed by atoms with Gasteiger partial charge in [0.05, 0.1) is 32.0 Å². The summed E-state index contributed by atoms with van der Waals surface area (Å²) >= 11 is 0. The van der Waals surface area contributed by atoms with E-state index in [1.54, 1.807) is 6.92 Å². The highest BCUT2D eigenvalue weighted by Crippen LogP contribution is 2.32. The van der Waals surface area contributed by atoms with E-state index in [0.717, 1.165) is 44.8 Å². The molecule has 0 amide bonds. The van der Waals surface area contributed by atoms with Gasteiger partial charge in [-0.05, 0) is 76.0 Å². The lowest BCUT2D eigenvalue weighted by Gasteiger charge is -2.32. The fraction of sp³-hybridized carbons (Fsp3) is 0.885. The number of unbranched alkanes of at least 4 members (excludes halogenated alkanes) is 2. The van der Waals surface area contributed by atoms with Gasteiger partial charge in [-0.3, -0.25) is 0 Å². The third kappa shape index (κ3) is 9.51. The van der Waals surface area contributed by atoms with Crippen molar-refractivity contribution >= 4 is 5.97 Å². The first-order valence-corrected chi connectivity index (χ1v) is 12.5. The molecule has 0 heterocycles. The number of carbonyl (C=O) groups excluding carboxylic acids is 1. The highest BCUT2D eigenvalue weighted by molar-refractivity contribution is 5.86. The first kappa shape index (κ1) is 25.4. The number of carbonyl (C=O) groups is 1. The molecule has 30 heavy (non-hydrogen) atoms. The van der Waals surface area contributed by atoms with Gasteiger partial charge in [-0.2, -0.15) is 0 Å². The van der Waals surface area contributed by atoms with E-state index in [4.69, 9.17) is 14.2 Å². The summed E-state index contributed by atoms with van der Waals surface area (Å²) in [7, 11) is 0. The molecular formula is C26H46O4. The molecule has 174 valence electrons. The highest BCUT2D eigenvalue weighted by atomic mass is 16.5. The van der Waals surface area contributed by atoms with Crippen molar-refractivity contribution in [2.75, 3.05) is 19.8 Å². The summed E-state index contributed by atoms with van der Waals surface area (Å²) in [4.78, 5) is 11.6. The minimum atomic E-state index is -0.274. The molecule has 0 saturated heterocycles. The summed E-state index contributed by atoms with van der Waals surface area (Å²) in [6.45, 7) is 11.7. The Morgan fingerprint density at radius 2 is 1.50 bits per heavy atom. The van der Waals surface area contributed by atoms with Crippen LogP contribution in [0.1, 0.15) is 97.8 Å². The number of hydrogen-bond donors (Lipinski definition) is 0. The fourth-order valence-corrected chi connectivity index (χ4v) is 4.99. The van der Waals surface area contributed by atoms with E-state index >= 15 is 0 Å². The van der Waals surface area contributed by atoms with Crippen LogP contribution in [0.2, 0.25) is 0 Å². The van der Waals surface area contributed by atoms with Crippen LogP contribution in [0.5, 0.6) is 0 Å². The first-order chi connectivity index (χ1) is 14.5. The van der Waals surface area contributed by atoms with Crippen molar-refractivity contribution in [1.29, 1.82) is 0 Å². The zero-order valence-corrected chi connectivity index (χ0v) is 19.8. The maximum absolute atomic E-state index is 11.6. The van der Waals surface area contributed by atoms with Gasteiger partial charge in [0, 0.05) is 5.57 Å². The predicted octanol–water partition coefficient (Wildman–Crippen LogP) is 6.47. The van der Waals surface area contributed by atoms with Crippen LogP contribution in [-0.4, -0.2) is 38.0 Å². The molecule has 4 heteroatoms. The summed E-state index contributed by atoms with van der Waals surface area (Å²) < 4.78 is 17.5. The average Bonchev–Trinajstić information content (AvgIpc) is 2.76. The molecular weight excluding hydrogens is 376 g/mol. The Morgan fingerprint density at radius 3 is 2.03 bits per heavy atom. The average molecular weight is 423 g/mol. The van der Waals surface area contributed by atoms with Crippen molar-refractivity contribution in [3.8, 4) is 0 Å². The molecule has 0 N–H and O–H groups in total. The van der Waals surface area contributed by atoms with Gasteiger partial charge in [0.25, 0.3) is 0 Å². The molecule has 0 aromatic carbocycles. The second-order valence-electron chi connectivity index (χ2n) is 9.77. The van der Waals surface area contributed by atoms with Gasteiger partial charge in [-0.1, -0.05) is 46.1 Å². The van der Waals surface area contributed by atoms with Crippen molar-refractivity contribution in [2.45, 2.75) is 110 Å². The molecule has 0 aromatic heterocycles. The van der Waals surface area contributed by atoms with E-state index in [1.165, 1.54) is 51.4 Å². The lowest BCUT2D eigenvalue weighted by molar-refractivity contribution is -0.141. The smallest absolute Gasteiger partial charge is 0.333 e. The van der Waals surface area contributed by atoms with Crippen LogP contribution in [0.25, 0.3) is 0 Å². The molecule has 4 nitrogen and oxygen atoms in total. The Balaban J connectivity index is 1.49. The van der Waals surface area contributed by atoms with Crippen LogP contribution in [0, 0.1) is 17.8 Å². The Morgan fingerprint density at radius 1 is 0.933 bits per heavy atom. The molecule has 2 fully saturated rings. The van der Waals surface area contributed by atoms with E-state index in [-0.39, 0.29) is 5.97 Å². The van der Waals surface area contributed by atoms with E-state index in [0.29, 0.717) is 36.2 Å². The van der Waals surface area contributed by atoms with Crippen molar-refractivity contribution in [3.63, 3.8) is 0 Å². The van der Waals surface area contributed by atoms with Crippen molar-refractivity contribution < 1.29 is 19.0 Å². The van der Waals surface area contributed by atoms with E-state index in [9.17, 15) is 4.79 Å². The van der Waals surface area contributed by atoms with Crippen LogP contribution >= 0.6 is 0 Å². The number of ether oxygens (including phenoxy) is 3. The van der Waals surface area contributed by atoms with Gasteiger partial charge in [-0.15, -0.1) is 0 Å². The summed E-state index contributed by atoms with van der Waals surface area (Å²) in [6, 6.07) is 0. The molecule has 0 radical (unpaired) electrons. The quantitative estimate of drug-likeness (QED) is 0.194. The molecule has 2 aliphatic carbocycles. The number of esters is 1. The first-order valence-electron chi connectivity index (χ1n) is 12.5. The molecule has 2 aliphatic rings. The summed E-state index contributed by atoms with van der Waals surface area (Å²) in [6.07, 6.45) is 16.0. The van der Waals surface area contributed by atoms with E-state index in [2.05, 4.69) is 20.4 Å². The third-order valence-corrected chi connectivity index (χ3v) is 7.15. The van der Waals surface area contributed by atoms with Crippen molar-refractivity contribution in [1.82, 2.24) is 0 Å². The summed E-state index contributed by atoms with van der Waals surface area (Å²) in [5.74, 6) is 1.68. The second-order valence-corrected chi connectivity index (χ2v) is 9.77. The lowest BCUT2D eigenvalue weighted by Crippen LogP contribution is -2.29. The third-order valence-electron chi connectivity index (χ3n) is 7.15. The van der Waals surface area contributed by atoms with Gasteiger partial charge >= 0.3 is 5.97 Å². The number of hydrogen-bond acceptors (Lipinski definition) is 4. The number of rotatable bonds is 13. The van der Waals surface area contributed by atoms with Gasteiger partial charge in [0.2, 0.25) is 0 Å². The van der Waals surface area contributed by atoms with Gasteiger partial charge in [0.1, 0.15) is 0 Å². The lowest BCUT2D eigenvalue weighted by atomic mass is 9.80. The molecule has 0 aromatic rings. The molecule has 0 spiro atoms. The molecule has 0 bridgehead atoms. The van der Waals surface area contributed by atoms with E-state index < -0.39 is 0 Å². The summed E-state index contributed by atoms with van der Waals surface area (Å²) in [5, 5.41) is 0. The zero-order chi connectivity index (χ0) is 21.8. The van der Waals surface area contributed by atoms with Crippen LogP contribution < -0.4 is 0 Å². The van der Waals surface area contributed by atoms with Gasteiger partial charge in [-0.25, -0.2) is 4.79 Å². The standard InChI is InChI=1S/C26H46O4/c1-5-6-7-8-22-9-13-24(14-10-22)28-17-18-29-25-15-11-23(12-16-25)21(4)19-30-26(27)20(2)3/h21-25H,2,5-19H2,1,3-4H3. The van der Waals surface area contributed by atoms with Crippen LogP contribution in [0.15, 0.2) is 12.2 Å². The maximum atomic E-state index is 11.6. The Kier molecular flexibility index (Phi) is 12.1. The molecule has 0 aliphatic heterocycles. The zero-order valence-electron chi connectivity index (χ0n) is 19.8. The Bertz CT molecular complexity index is 487. The minimum Gasteiger partial charge on any atom is -0.462 e. The Hall–Kier alpha value is -0.870.